The highest BCUT2D eigenvalue weighted by Crippen LogP contribution is 2.31. The molecule has 0 saturated carbocycles. The molecule has 3 aromatic heterocycles. The number of aromatic nitrogens is 3. The third-order valence-corrected chi connectivity index (χ3v) is 3.88. The molecule has 3 heterocycles. The van der Waals surface area contributed by atoms with Crippen molar-refractivity contribution >= 4 is 22.4 Å². The maximum Gasteiger partial charge on any atom is 0.143 e. The lowest BCUT2D eigenvalue weighted by molar-refractivity contribution is 0.918. The van der Waals surface area contributed by atoms with E-state index in [1.807, 2.05) is 17.7 Å². The molecule has 0 amide bonds. The Kier molecular flexibility index (Phi) is 2.85. The summed E-state index contributed by atoms with van der Waals surface area (Å²) < 4.78 is 2.04. The SMILES string of the molecule is Cn1cc(CCN)c2c(-c3cccs3)ncnc21. The number of rotatable bonds is 3. The molecule has 0 bridgehead atoms. The van der Waals surface area contributed by atoms with Gasteiger partial charge in [0.25, 0.3) is 0 Å². The molecule has 0 spiro atoms. The van der Waals surface area contributed by atoms with Crippen molar-refractivity contribution in [3.8, 4) is 10.6 Å². The number of nitrogens with two attached hydrogens (primary N) is 1. The molecule has 0 aliphatic heterocycles. The fourth-order valence-corrected chi connectivity index (χ4v) is 2.97. The first-order valence-corrected chi connectivity index (χ1v) is 6.72. The zero-order valence-corrected chi connectivity index (χ0v) is 10.9. The van der Waals surface area contributed by atoms with E-state index >= 15 is 0 Å². The van der Waals surface area contributed by atoms with Gasteiger partial charge in [0.15, 0.2) is 0 Å². The summed E-state index contributed by atoms with van der Waals surface area (Å²) >= 11 is 1.70. The Morgan fingerprint density at radius 3 is 3.00 bits per heavy atom. The second kappa shape index (κ2) is 4.51. The third kappa shape index (κ3) is 1.72. The smallest absolute Gasteiger partial charge is 0.143 e. The Balaban J connectivity index is 2.31. The van der Waals surface area contributed by atoms with Crippen LogP contribution in [0.4, 0.5) is 0 Å². The molecule has 5 heteroatoms. The van der Waals surface area contributed by atoms with Crippen LogP contribution < -0.4 is 5.73 Å². The van der Waals surface area contributed by atoms with Crippen LogP contribution in [-0.2, 0) is 13.5 Å². The van der Waals surface area contributed by atoms with Gasteiger partial charge in [0.1, 0.15) is 12.0 Å². The predicted molar refractivity (Wildman–Crippen MR) is 74.6 cm³/mol. The summed E-state index contributed by atoms with van der Waals surface area (Å²) in [5.41, 5.74) is 8.89. The van der Waals surface area contributed by atoms with Crippen molar-refractivity contribution in [3.63, 3.8) is 0 Å². The minimum atomic E-state index is 0.637. The highest BCUT2D eigenvalue weighted by Gasteiger charge is 2.14. The maximum atomic E-state index is 5.68. The van der Waals surface area contributed by atoms with Crippen molar-refractivity contribution in [2.75, 3.05) is 6.54 Å². The van der Waals surface area contributed by atoms with E-state index in [4.69, 9.17) is 5.73 Å². The fraction of sp³-hybridized carbons (Fsp3) is 0.231. The number of aryl methyl sites for hydroxylation is 1. The van der Waals surface area contributed by atoms with Crippen molar-refractivity contribution in [2.24, 2.45) is 12.8 Å². The van der Waals surface area contributed by atoms with Crippen LogP contribution in [-0.4, -0.2) is 21.1 Å². The standard InChI is InChI=1S/C13H14N4S/c1-17-7-9(4-5-14)11-12(10-3-2-6-18-10)15-8-16-13(11)17/h2-3,6-8H,4-5,14H2,1H3. The lowest BCUT2D eigenvalue weighted by Gasteiger charge is -2.02. The van der Waals surface area contributed by atoms with Gasteiger partial charge in [-0.2, -0.15) is 0 Å². The van der Waals surface area contributed by atoms with E-state index in [0.717, 1.165) is 23.1 Å². The largest absolute Gasteiger partial charge is 0.335 e. The molecule has 4 nitrogen and oxygen atoms in total. The van der Waals surface area contributed by atoms with Crippen molar-refractivity contribution in [1.82, 2.24) is 14.5 Å². The van der Waals surface area contributed by atoms with Gasteiger partial charge in [0.2, 0.25) is 0 Å². The van der Waals surface area contributed by atoms with E-state index in [9.17, 15) is 0 Å². The Hall–Kier alpha value is -1.72. The van der Waals surface area contributed by atoms with Crippen molar-refractivity contribution in [1.29, 1.82) is 0 Å². The molecule has 3 aromatic rings. The molecule has 0 aliphatic rings. The van der Waals surface area contributed by atoms with E-state index in [2.05, 4.69) is 27.6 Å². The number of nitrogens with zero attached hydrogens (tertiary/aromatic N) is 3. The van der Waals surface area contributed by atoms with Crippen molar-refractivity contribution in [2.45, 2.75) is 6.42 Å². The molecule has 0 radical (unpaired) electrons. The second-order valence-corrected chi connectivity index (χ2v) is 5.15. The summed E-state index contributed by atoms with van der Waals surface area (Å²) in [5, 5.41) is 3.20. The Bertz CT molecular complexity index is 670. The van der Waals surface area contributed by atoms with Gasteiger partial charge in [-0.25, -0.2) is 9.97 Å². The van der Waals surface area contributed by atoms with Gasteiger partial charge in [-0.05, 0) is 30.0 Å². The average molecular weight is 258 g/mol. The topological polar surface area (TPSA) is 56.7 Å². The molecular formula is C13H14N4S. The molecule has 3 rings (SSSR count). The Morgan fingerprint density at radius 1 is 1.39 bits per heavy atom. The summed E-state index contributed by atoms with van der Waals surface area (Å²) in [6.07, 6.45) is 4.58. The van der Waals surface area contributed by atoms with Crippen LogP contribution in [0.5, 0.6) is 0 Å². The van der Waals surface area contributed by atoms with Crippen LogP contribution >= 0.6 is 11.3 Å². The monoisotopic (exact) mass is 258 g/mol. The van der Waals surface area contributed by atoms with Crippen LogP contribution in [0.3, 0.4) is 0 Å². The van der Waals surface area contributed by atoms with Gasteiger partial charge in [0, 0.05) is 18.6 Å². The van der Waals surface area contributed by atoms with E-state index in [-0.39, 0.29) is 0 Å². The lowest BCUT2D eigenvalue weighted by Crippen LogP contribution is -2.02. The van der Waals surface area contributed by atoms with Gasteiger partial charge < -0.3 is 10.3 Å². The lowest BCUT2D eigenvalue weighted by atomic mass is 10.1. The van der Waals surface area contributed by atoms with E-state index in [1.165, 1.54) is 10.4 Å². The minimum Gasteiger partial charge on any atom is -0.335 e. The molecule has 0 unspecified atom stereocenters. The summed E-state index contributed by atoms with van der Waals surface area (Å²) in [6, 6.07) is 4.13. The van der Waals surface area contributed by atoms with Gasteiger partial charge in [-0.1, -0.05) is 6.07 Å². The van der Waals surface area contributed by atoms with Crippen molar-refractivity contribution < 1.29 is 0 Å². The quantitative estimate of drug-likeness (QED) is 0.783. The molecule has 0 atom stereocenters. The van der Waals surface area contributed by atoms with Crippen LogP contribution in [0.15, 0.2) is 30.0 Å². The van der Waals surface area contributed by atoms with Gasteiger partial charge in [-0.3, -0.25) is 0 Å². The highest BCUT2D eigenvalue weighted by atomic mass is 32.1. The van der Waals surface area contributed by atoms with E-state index in [0.29, 0.717) is 6.54 Å². The third-order valence-electron chi connectivity index (χ3n) is 3.00. The molecule has 0 aromatic carbocycles. The van der Waals surface area contributed by atoms with Crippen LogP contribution in [0, 0.1) is 0 Å². The van der Waals surface area contributed by atoms with Crippen LogP contribution in [0.1, 0.15) is 5.56 Å². The molecule has 0 aliphatic carbocycles. The molecule has 0 fully saturated rings. The molecular weight excluding hydrogens is 244 g/mol. The first-order chi connectivity index (χ1) is 8.81. The van der Waals surface area contributed by atoms with Gasteiger partial charge >= 0.3 is 0 Å². The zero-order chi connectivity index (χ0) is 12.5. The van der Waals surface area contributed by atoms with E-state index < -0.39 is 0 Å². The number of fused-ring (bicyclic) bond motifs is 1. The second-order valence-electron chi connectivity index (χ2n) is 4.20. The fourth-order valence-electron chi connectivity index (χ4n) is 2.24. The number of thiophene rings is 1. The number of hydrogen-bond acceptors (Lipinski definition) is 4. The summed E-state index contributed by atoms with van der Waals surface area (Å²) in [7, 11) is 2.01. The number of hydrogen-bond donors (Lipinski definition) is 1. The van der Waals surface area contributed by atoms with Gasteiger partial charge in [0.05, 0.1) is 10.6 Å². The van der Waals surface area contributed by atoms with Crippen LogP contribution in [0.25, 0.3) is 21.6 Å². The summed E-state index contributed by atoms with van der Waals surface area (Å²) in [6.45, 7) is 0.637. The highest BCUT2D eigenvalue weighted by molar-refractivity contribution is 7.13. The molecule has 2 N–H and O–H groups in total. The van der Waals surface area contributed by atoms with Crippen LogP contribution in [0.2, 0.25) is 0 Å². The maximum absolute atomic E-state index is 5.68. The van der Waals surface area contributed by atoms with Crippen molar-refractivity contribution in [3.05, 3.63) is 35.6 Å². The first kappa shape index (κ1) is 11.4. The van der Waals surface area contributed by atoms with E-state index in [1.54, 1.807) is 17.7 Å². The summed E-state index contributed by atoms with van der Waals surface area (Å²) in [5.74, 6) is 0. The molecule has 0 saturated heterocycles. The molecule has 18 heavy (non-hydrogen) atoms. The molecule has 92 valence electrons. The zero-order valence-electron chi connectivity index (χ0n) is 10.1. The Labute approximate surface area is 109 Å². The minimum absolute atomic E-state index is 0.637. The predicted octanol–water partition coefficient (Wildman–Crippen LogP) is 2.20. The normalized spacial score (nSPS) is 11.2. The average Bonchev–Trinajstić information content (AvgIpc) is 2.99. The first-order valence-electron chi connectivity index (χ1n) is 5.84. The van der Waals surface area contributed by atoms with Gasteiger partial charge in [-0.15, -0.1) is 11.3 Å². The summed E-state index contributed by atoms with van der Waals surface area (Å²) in [4.78, 5) is 9.99. The Morgan fingerprint density at radius 2 is 2.28 bits per heavy atom.